The summed E-state index contributed by atoms with van der Waals surface area (Å²) in [6.45, 7) is 0. The molecule has 1 rings (SSSR count). The minimum Gasteiger partial charge on any atom is -0.465 e. The number of esters is 1. The molecule has 0 aromatic heterocycles. The Hall–Kier alpha value is -1.87. The number of carbonyl (C=O) groups excluding carboxylic acids is 1. The number of aliphatic hydroxyl groups is 1. The Morgan fingerprint density at radius 3 is 2.21 bits per heavy atom. The van der Waals surface area contributed by atoms with Crippen molar-refractivity contribution in [3.05, 3.63) is 35.4 Å². The molecular formula is C14H16O5. The summed E-state index contributed by atoms with van der Waals surface area (Å²) in [5.41, 5.74) is 1.11. The molecule has 0 saturated heterocycles. The molecule has 5 heteroatoms. The molecule has 0 amide bonds. The Balaban J connectivity index is 2.76. The molecule has 0 aliphatic rings. The van der Waals surface area contributed by atoms with Crippen LogP contribution in [0.1, 0.15) is 15.9 Å². The Bertz CT molecular complexity index is 465. The van der Waals surface area contributed by atoms with Crippen LogP contribution in [-0.2, 0) is 14.2 Å². The summed E-state index contributed by atoms with van der Waals surface area (Å²) in [5, 5.41) is 9.65. The van der Waals surface area contributed by atoms with Crippen molar-refractivity contribution in [2.24, 2.45) is 0 Å². The van der Waals surface area contributed by atoms with Crippen LogP contribution in [0, 0.1) is 11.8 Å². The molecule has 0 unspecified atom stereocenters. The Morgan fingerprint density at radius 1 is 1.16 bits per heavy atom. The fraction of sp³-hybridized carbons (Fsp3) is 0.357. The molecule has 5 nitrogen and oxygen atoms in total. The zero-order valence-electron chi connectivity index (χ0n) is 11.0. The molecule has 1 aromatic rings. The van der Waals surface area contributed by atoms with E-state index in [0.717, 1.165) is 0 Å². The summed E-state index contributed by atoms with van der Waals surface area (Å²) >= 11 is 0. The Kier molecular flexibility index (Phi) is 6.03. The molecule has 0 aliphatic heterocycles. The van der Waals surface area contributed by atoms with E-state index >= 15 is 0 Å². The van der Waals surface area contributed by atoms with Crippen LogP contribution in [0.2, 0.25) is 0 Å². The summed E-state index contributed by atoms with van der Waals surface area (Å²) in [7, 11) is 4.16. The van der Waals surface area contributed by atoms with Gasteiger partial charge < -0.3 is 19.3 Å². The normalized spacial score (nSPS) is 11.6. The highest BCUT2D eigenvalue weighted by Crippen LogP contribution is 2.05. The smallest absolute Gasteiger partial charge is 0.337 e. The van der Waals surface area contributed by atoms with Gasteiger partial charge in [-0.15, -0.1) is 0 Å². The molecular weight excluding hydrogens is 248 g/mol. The lowest BCUT2D eigenvalue weighted by Gasteiger charge is -2.14. The van der Waals surface area contributed by atoms with Gasteiger partial charge in [0.1, 0.15) is 0 Å². The van der Waals surface area contributed by atoms with Gasteiger partial charge in [-0.25, -0.2) is 4.79 Å². The number of hydrogen-bond donors (Lipinski definition) is 1. The first-order chi connectivity index (χ1) is 9.12. The van der Waals surface area contributed by atoms with Gasteiger partial charge in [0.15, 0.2) is 12.4 Å². The van der Waals surface area contributed by atoms with Crippen LogP contribution in [0.15, 0.2) is 24.3 Å². The molecule has 0 saturated carbocycles. The summed E-state index contributed by atoms with van der Waals surface area (Å²) in [5.74, 6) is 4.96. The lowest BCUT2D eigenvalue weighted by Crippen LogP contribution is -2.28. The molecule has 0 aliphatic carbocycles. The van der Waals surface area contributed by atoms with Crippen molar-refractivity contribution in [2.75, 3.05) is 21.3 Å². The quantitative estimate of drug-likeness (QED) is 0.495. The van der Waals surface area contributed by atoms with Gasteiger partial charge in [-0.05, 0) is 24.3 Å². The minimum atomic E-state index is -1.05. The molecule has 0 radical (unpaired) electrons. The highest BCUT2D eigenvalue weighted by Gasteiger charge is 2.14. The second-order valence-corrected chi connectivity index (χ2v) is 3.62. The molecule has 0 fully saturated rings. The van der Waals surface area contributed by atoms with Crippen LogP contribution >= 0.6 is 0 Å². The van der Waals surface area contributed by atoms with Crippen LogP contribution in [-0.4, -0.2) is 44.8 Å². The lowest BCUT2D eigenvalue weighted by molar-refractivity contribution is -0.147. The summed E-state index contributed by atoms with van der Waals surface area (Å²) in [6, 6.07) is 6.54. The SMILES string of the molecule is COC(=O)c1ccc(C#C[C@H](O)C(OC)OC)cc1. The average Bonchev–Trinajstić information content (AvgIpc) is 2.46. The molecule has 1 N–H and O–H groups in total. The second kappa shape index (κ2) is 7.54. The van der Waals surface area contributed by atoms with Crippen LogP contribution in [0.25, 0.3) is 0 Å². The van der Waals surface area contributed by atoms with Gasteiger partial charge in [-0.3, -0.25) is 0 Å². The predicted molar refractivity (Wildman–Crippen MR) is 68.5 cm³/mol. The van der Waals surface area contributed by atoms with E-state index in [1.165, 1.54) is 21.3 Å². The van der Waals surface area contributed by atoms with Gasteiger partial charge in [-0.2, -0.15) is 0 Å². The van der Waals surface area contributed by atoms with Crippen LogP contribution in [0.3, 0.4) is 0 Å². The number of hydrogen-bond acceptors (Lipinski definition) is 5. The zero-order valence-corrected chi connectivity index (χ0v) is 11.0. The number of aliphatic hydroxyl groups excluding tert-OH is 1. The van der Waals surface area contributed by atoms with E-state index in [2.05, 4.69) is 16.6 Å². The first kappa shape index (κ1) is 15.2. The predicted octanol–water partition coefficient (Wildman–Crippen LogP) is 0.804. The van der Waals surface area contributed by atoms with E-state index in [1.54, 1.807) is 24.3 Å². The highest BCUT2D eigenvalue weighted by molar-refractivity contribution is 5.89. The van der Waals surface area contributed by atoms with E-state index in [0.29, 0.717) is 11.1 Å². The zero-order chi connectivity index (χ0) is 14.3. The number of methoxy groups -OCH3 is 3. The highest BCUT2D eigenvalue weighted by atomic mass is 16.7. The van der Waals surface area contributed by atoms with Gasteiger partial charge in [-0.1, -0.05) is 11.8 Å². The van der Waals surface area contributed by atoms with Crippen molar-refractivity contribution in [3.63, 3.8) is 0 Å². The van der Waals surface area contributed by atoms with Crippen LogP contribution in [0.4, 0.5) is 0 Å². The van der Waals surface area contributed by atoms with Crippen molar-refractivity contribution in [1.82, 2.24) is 0 Å². The van der Waals surface area contributed by atoms with E-state index in [4.69, 9.17) is 9.47 Å². The molecule has 102 valence electrons. The third kappa shape index (κ3) is 4.38. The van der Waals surface area contributed by atoms with Crippen molar-refractivity contribution >= 4 is 5.97 Å². The maximum absolute atomic E-state index is 11.2. The fourth-order valence-corrected chi connectivity index (χ4v) is 1.39. The lowest BCUT2D eigenvalue weighted by atomic mass is 10.1. The van der Waals surface area contributed by atoms with Crippen molar-refractivity contribution in [3.8, 4) is 11.8 Å². The van der Waals surface area contributed by atoms with Gasteiger partial charge in [0.05, 0.1) is 12.7 Å². The second-order valence-electron chi connectivity index (χ2n) is 3.62. The third-order valence-electron chi connectivity index (χ3n) is 2.39. The molecule has 19 heavy (non-hydrogen) atoms. The van der Waals surface area contributed by atoms with Crippen LogP contribution < -0.4 is 0 Å². The first-order valence-corrected chi connectivity index (χ1v) is 5.56. The topological polar surface area (TPSA) is 65.0 Å². The Morgan fingerprint density at radius 2 is 1.74 bits per heavy atom. The summed E-state index contributed by atoms with van der Waals surface area (Å²) < 4.78 is 14.3. The molecule has 0 heterocycles. The fourth-order valence-electron chi connectivity index (χ4n) is 1.39. The summed E-state index contributed by atoms with van der Waals surface area (Å²) in [4.78, 5) is 11.2. The van der Waals surface area contributed by atoms with Gasteiger partial charge in [0.25, 0.3) is 0 Å². The van der Waals surface area contributed by atoms with Gasteiger partial charge >= 0.3 is 5.97 Å². The summed E-state index contributed by atoms with van der Waals surface area (Å²) in [6.07, 6.45) is -1.84. The van der Waals surface area contributed by atoms with Crippen LogP contribution in [0.5, 0.6) is 0 Å². The monoisotopic (exact) mass is 264 g/mol. The number of carbonyl (C=O) groups is 1. The van der Waals surface area contributed by atoms with E-state index < -0.39 is 18.4 Å². The number of rotatable bonds is 4. The van der Waals surface area contributed by atoms with Crippen molar-refractivity contribution in [2.45, 2.75) is 12.4 Å². The number of ether oxygens (including phenoxy) is 3. The Labute approximate surface area is 112 Å². The van der Waals surface area contributed by atoms with Gasteiger partial charge in [0.2, 0.25) is 0 Å². The van der Waals surface area contributed by atoms with Crippen molar-refractivity contribution < 1.29 is 24.1 Å². The molecule has 0 bridgehead atoms. The van der Waals surface area contributed by atoms with Crippen molar-refractivity contribution in [1.29, 1.82) is 0 Å². The maximum Gasteiger partial charge on any atom is 0.337 e. The largest absolute Gasteiger partial charge is 0.465 e. The van der Waals surface area contributed by atoms with E-state index in [-0.39, 0.29) is 0 Å². The van der Waals surface area contributed by atoms with E-state index in [9.17, 15) is 9.90 Å². The molecule has 1 aromatic carbocycles. The number of benzene rings is 1. The standard InChI is InChI=1S/C14H16O5/c1-17-13(16)11-7-4-10(5-8-11)6-9-12(15)14(18-2)19-3/h4-5,7-8,12,14-15H,1-3H3/t12-/m0/s1. The minimum absolute atomic E-state index is 0.404. The third-order valence-corrected chi connectivity index (χ3v) is 2.39. The molecule has 1 atom stereocenters. The van der Waals surface area contributed by atoms with Gasteiger partial charge in [0, 0.05) is 19.8 Å². The molecule has 0 spiro atoms. The van der Waals surface area contributed by atoms with E-state index in [1.807, 2.05) is 0 Å². The maximum atomic E-state index is 11.2. The first-order valence-electron chi connectivity index (χ1n) is 5.56. The average molecular weight is 264 g/mol.